The molecule has 4 heteroatoms. The maximum Gasteiger partial charge on any atom is 0.0710 e. The van der Waals surface area contributed by atoms with Gasteiger partial charge in [-0.05, 0) is 25.9 Å². The van der Waals surface area contributed by atoms with E-state index in [9.17, 15) is 0 Å². The summed E-state index contributed by atoms with van der Waals surface area (Å²) in [5, 5.41) is 12.1. The van der Waals surface area contributed by atoms with Crippen LogP contribution in [0.2, 0.25) is 0 Å². The van der Waals surface area contributed by atoms with Crippen molar-refractivity contribution in [2.75, 3.05) is 19.7 Å². The third kappa shape index (κ3) is 3.57. The Labute approximate surface area is 78.5 Å². The van der Waals surface area contributed by atoms with Crippen molar-refractivity contribution in [3.8, 4) is 0 Å². The Morgan fingerprint density at radius 1 is 1.54 bits per heavy atom. The quantitative estimate of drug-likeness (QED) is 0.523. The van der Waals surface area contributed by atoms with Gasteiger partial charge in [0.25, 0.3) is 0 Å². The summed E-state index contributed by atoms with van der Waals surface area (Å²) >= 11 is 0. The van der Waals surface area contributed by atoms with Crippen LogP contribution in [0.3, 0.4) is 0 Å². The molecule has 0 aromatic rings. The van der Waals surface area contributed by atoms with Crippen molar-refractivity contribution < 1.29 is 5.11 Å². The fraction of sp³-hybridized carbons (Fsp3) is 0.667. The number of aliphatic hydroxyl groups is 1. The van der Waals surface area contributed by atoms with Crippen LogP contribution in [0, 0.1) is 0 Å². The van der Waals surface area contributed by atoms with Gasteiger partial charge in [-0.2, -0.15) is 0 Å². The third-order valence-corrected chi connectivity index (χ3v) is 2.16. The normalized spacial score (nSPS) is 21.2. The van der Waals surface area contributed by atoms with E-state index in [4.69, 9.17) is 10.8 Å². The second kappa shape index (κ2) is 5.72. The largest absolute Gasteiger partial charge is 0.404 e. The third-order valence-electron chi connectivity index (χ3n) is 2.16. The number of rotatable bonds is 3. The lowest BCUT2D eigenvalue weighted by atomic mass is 10.1. The fourth-order valence-electron chi connectivity index (χ4n) is 1.29. The van der Waals surface area contributed by atoms with E-state index in [2.05, 4.69) is 10.3 Å². The number of aliphatic imine (C=N–C) groups is 1. The van der Waals surface area contributed by atoms with Gasteiger partial charge in [-0.15, -0.1) is 0 Å². The molecule has 0 amide bonds. The molecule has 0 spiro atoms. The van der Waals surface area contributed by atoms with E-state index in [1.165, 1.54) is 6.20 Å². The van der Waals surface area contributed by atoms with Crippen molar-refractivity contribution in [1.29, 1.82) is 0 Å². The average molecular weight is 183 g/mol. The van der Waals surface area contributed by atoms with Crippen LogP contribution >= 0.6 is 0 Å². The fourth-order valence-corrected chi connectivity index (χ4v) is 1.29. The van der Waals surface area contributed by atoms with Crippen molar-refractivity contribution in [2.24, 2.45) is 10.7 Å². The van der Waals surface area contributed by atoms with Crippen molar-refractivity contribution >= 4 is 6.21 Å². The van der Waals surface area contributed by atoms with Crippen LogP contribution in [0.1, 0.15) is 12.8 Å². The van der Waals surface area contributed by atoms with Crippen LogP contribution in [0.5, 0.6) is 0 Å². The van der Waals surface area contributed by atoms with Crippen molar-refractivity contribution in [3.63, 3.8) is 0 Å². The van der Waals surface area contributed by atoms with E-state index in [1.54, 1.807) is 6.21 Å². The summed E-state index contributed by atoms with van der Waals surface area (Å²) in [6.45, 7) is 2.02. The van der Waals surface area contributed by atoms with Crippen molar-refractivity contribution in [2.45, 2.75) is 18.9 Å². The highest BCUT2D eigenvalue weighted by Gasteiger charge is 2.09. The molecule has 0 bridgehead atoms. The predicted octanol–water partition coefficient (Wildman–Crippen LogP) is -0.356. The molecule has 0 aromatic heterocycles. The smallest absolute Gasteiger partial charge is 0.0710 e. The van der Waals surface area contributed by atoms with Gasteiger partial charge in [-0.3, -0.25) is 4.99 Å². The molecular weight excluding hydrogens is 166 g/mol. The van der Waals surface area contributed by atoms with Crippen LogP contribution in [0.4, 0.5) is 0 Å². The highest BCUT2D eigenvalue weighted by Crippen LogP contribution is 2.06. The number of hydrogen-bond donors (Lipinski definition) is 3. The van der Waals surface area contributed by atoms with Crippen LogP contribution in [0.15, 0.2) is 16.8 Å². The molecule has 0 atom stereocenters. The van der Waals surface area contributed by atoms with Gasteiger partial charge in [0.2, 0.25) is 0 Å². The van der Waals surface area contributed by atoms with Crippen LogP contribution in [-0.2, 0) is 0 Å². The molecule has 0 aromatic carbocycles. The molecule has 4 N–H and O–H groups in total. The summed E-state index contributed by atoms with van der Waals surface area (Å²) in [7, 11) is 0. The first-order valence-corrected chi connectivity index (χ1v) is 4.62. The van der Waals surface area contributed by atoms with Crippen molar-refractivity contribution in [3.05, 3.63) is 11.8 Å². The van der Waals surface area contributed by atoms with Crippen LogP contribution in [0.25, 0.3) is 0 Å². The molecule has 1 rings (SSSR count). The average Bonchev–Trinajstić information content (AvgIpc) is 2.21. The lowest BCUT2D eigenvalue weighted by Crippen LogP contribution is -2.29. The SMILES string of the molecule is N/C=C(\C=NC1CCNCC1)CO. The number of piperidine rings is 1. The molecular formula is C9H17N3O. The second-order valence-corrected chi connectivity index (χ2v) is 3.16. The molecule has 1 aliphatic rings. The number of nitrogens with zero attached hydrogens (tertiary/aromatic N) is 1. The van der Waals surface area contributed by atoms with E-state index >= 15 is 0 Å². The highest BCUT2D eigenvalue weighted by molar-refractivity contribution is 5.78. The highest BCUT2D eigenvalue weighted by atomic mass is 16.3. The molecule has 1 aliphatic heterocycles. The minimum absolute atomic E-state index is 0.0367. The molecule has 0 aliphatic carbocycles. The summed E-state index contributed by atoms with van der Waals surface area (Å²) in [6, 6.07) is 0.391. The van der Waals surface area contributed by atoms with Crippen molar-refractivity contribution in [1.82, 2.24) is 5.32 Å². The first-order valence-electron chi connectivity index (χ1n) is 4.62. The van der Waals surface area contributed by atoms with Gasteiger partial charge >= 0.3 is 0 Å². The first kappa shape index (κ1) is 10.2. The molecule has 0 saturated carbocycles. The van der Waals surface area contributed by atoms with Crippen LogP contribution in [-0.4, -0.2) is 37.1 Å². The Kier molecular flexibility index (Phi) is 4.49. The lowest BCUT2D eigenvalue weighted by molar-refractivity contribution is 0.337. The minimum Gasteiger partial charge on any atom is -0.404 e. The van der Waals surface area contributed by atoms with Gasteiger partial charge in [-0.25, -0.2) is 0 Å². The summed E-state index contributed by atoms with van der Waals surface area (Å²) in [6.07, 6.45) is 5.21. The van der Waals surface area contributed by atoms with Gasteiger partial charge in [0.15, 0.2) is 0 Å². The number of nitrogens with one attached hydrogen (secondary N) is 1. The predicted molar refractivity (Wildman–Crippen MR) is 53.7 cm³/mol. The number of nitrogens with two attached hydrogens (primary N) is 1. The Bertz CT molecular complexity index is 195. The monoisotopic (exact) mass is 183 g/mol. The van der Waals surface area contributed by atoms with Crippen LogP contribution < -0.4 is 11.1 Å². The maximum absolute atomic E-state index is 8.80. The Morgan fingerprint density at radius 3 is 2.77 bits per heavy atom. The molecule has 74 valence electrons. The number of hydrogen-bond acceptors (Lipinski definition) is 4. The Morgan fingerprint density at radius 2 is 2.23 bits per heavy atom. The molecule has 0 radical (unpaired) electrons. The Hall–Kier alpha value is -0.870. The molecule has 13 heavy (non-hydrogen) atoms. The lowest BCUT2D eigenvalue weighted by Gasteiger charge is -2.18. The molecule has 1 saturated heterocycles. The minimum atomic E-state index is -0.0367. The summed E-state index contributed by atoms with van der Waals surface area (Å²) in [5.74, 6) is 0. The molecule has 1 heterocycles. The zero-order valence-electron chi connectivity index (χ0n) is 7.74. The van der Waals surface area contributed by atoms with E-state index in [-0.39, 0.29) is 6.61 Å². The van der Waals surface area contributed by atoms with E-state index in [0.29, 0.717) is 11.6 Å². The van der Waals surface area contributed by atoms with Gasteiger partial charge in [0.1, 0.15) is 0 Å². The van der Waals surface area contributed by atoms with E-state index < -0.39 is 0 Å². The molecule has 1 fully saturated rings. The van der Waals surface area contributed by atoms with Gasteiger partial charge in [-0.1, -0.05) is 0 Å². The summed E-state index contributed by atoms with van der Waals surface area (Å²) in [4.78, 5) is 4.35. The second-order valence-electron chi connectivity index (χ2n) is 3.16. The summed E-state index contributed by atoms with van der Waals surface area (Å²) < 4.78 is 0. The molecule has 0 unspecified atom stereocenters. The number of aliphatic hydroxyl groups excluding tert-OH is 1. The topological polar surface area (TPSA) is 70.6 Å². The standard InChI is InChI=1S/C9H17N3O/c10-5-8(7-13)6-12-9-1-3-11-4-2-9/h5-6,9,11,13H,1-4,7,10H2/b8-5+,12-6?. The van der Waals surface area contributed by atoms with Gasteiger partial charge < -0.3 is 16.2 Å². The van der Waals surface area contributed by atoms with Gasteiger partial charge in [0.05, 0.1) is 12.6 Å². The summed E-state index contributed by atoms with van der Waals surface area (Å²) in [5.41, 5.74) is 5.95. The maximum atomic E-state index is 8.80. The zero-order chi connectivity index (χ0) is 9.52. The Balaban J connectivity index is 2.36. The van der Waals surface area contributed by atoms with E-state index in [0.717, 1.165) is 25.9 Å². The van der Waals surface area contributed by atoms with Gasteiger partial charge in [0, 0.05) is 18.0 Å². The molecule has 4 nitrogen and oxygen atoms in total. The zero-order valence-corrected chi connectivity index (χ0v) is 7.74. The van der Waals surface area contributed by atoms with E-state index in [1.807, 2.05) is 0 Å². The first-order chi connectivity index (χ1) is 6.36.